The molecule has 0 bridgehead atoms. The Morgan fingerprint density at radius 3 is 2.28 bits per heavy atom. The van der Waals surface area contributed by atoms with Gasteiger partial charge in [0, 0.05) is 18.3 Å². The maximum Gasteiger partial charge on any atom is 0.421 e. The molecule has 0 unspecified atom stereocenters. The van der Waals surface area contributed by atoms with Crippen molar-refractivity contribution in [2.45, 2.75) is 31.3 Å². The molecule has 0 aliphatic rings. The van der Waals surface area contributed by atoms with Crippen molar-refractivity contribution in [1.82, 2.24) is 9.97 Å². The molecule has 0 fully saturated rings. The molecule has 0 saturated heterocycles. The summed E-state index contributed by atoms with van der Waals surface area (Å²) in [5, 5.41) is 0. The fourth-order valence-corrected chi connectivity index (χ4v) is 2.67. The maximum atomic E-state index is 12.8. The van der Waals surface area contributed by atoms with Gasteiger partial charge >= 0.3 is 6.18 Å². The smallest absolute Gasteiger partial charge is 0.383 e. The molecule has 1 aromatic carbocycles. The molecule has 2 aromatic rings. The lowest BCUT2D eigenvalue weighted by atomic mass is 9.94. The first-order valence-corrected chi connectivity index (χ1v) is 8.34. The van der Waals surface area contributed by atoms with Crippen LogP contribution in [0.2, 0.25) is 0 Å². The van der Waals surface area contributed by atoms with Gasteiger partial charge in [-0.2, -0.15) is 13.2 Å². The highest BCUT2D eigenvalue weighted by Crippen LogP contribution is 2.36. The molecule has 1 heterocycles. The number of hydrogen-bond acceptors (Lipinski definition) is 6. The lowest BCUT2D eigenvalue weighted by molar-refractivity contribution is -0.137. The SMILES string of the molecule is CC(C)(c1ccc(CN)cc1-c1ncc(C(F)(F)F)c(N)n1)[SH](=O)=O. The Hall–Kier alpha value is -2.20. The van der Waals surface area contributed by atoms with Crippen molar-refractivity contribution in [3.05, 3.63) is 41.1 Å². The molecule has 0 atom stereocenters. The van der Waals surface area contributed by atoms with E-state index in [0.29, 0.717) is 17.3 Å². The van der Waals surface area contributed by atoms with E-state index >= 15 is 0 Å². The van der Waals surface area contributed by atoms with Crippen molar-refractivity contribution in [1.29, 1.82) is 0 Å². The summed E-state index contributed by atoms with van der Waals surface area (Å²) < 4.78 is 60.4. The average Bonchev–Trinajstić information content (AvgIpc) is 2.52. The molecule has 0 radical (unpaired) electrons. The molecule has 136 valence electrons. The van der Waals surface area contributed by atoms with Crippen LogP contribution in [0.25, 0.3) is 11.4 Å². The van der Waals surface area contributed by atoms with Crippen molar-refractivity contribution < 1.29 is 21.6 Å². The van der Waals surface area contributed by atoms with Gasteiger partial charge in [-0.05, 0) is 31.0 Å². The summed E-state index contributed by atoms with van der Waals surface area (Å²) in [5.41, 5.74) is 11.1. The van der Waals surface area contributed by atoms with E-state index in [-0.39, 0.29) is 17.9 Å². The van der Waals surface area contributed by atoms with E-state index in [4.69, 9.17) is 11.5 Å². The summed E-state index contributed by atoms with van der Waals surface area (Å²) >= 11 is 0. The van der Waals surface area contributed by atoms with E-state index < -0.39 is 33.0 Å². The third-order valence-electron chi connectivity index (χ3n) is 3.80. The molecule has 0 spiro atoms. The molecule has 0 aliphatic heterocycles. The highest BCUT2D eigenvalue weighted by Gasteiger charge is 2.35. The van der Waals surface area contributed by atoms with Gasteiger partial charge in [-0.15, -0.1) is 0 Å². The Kier molecular flexibility index (Phi) is 5.05. The summed E-state index contributed by atoms with van der Waals surface area (Å²) in [6.45, 7) is 3.12. The predicted octanol–water partition coefficient (Wildman–Crippen LogP) is 2.05. The zero-order valence-electron chi connectivity index (χ0n) is 13.5. The van der Waals surface area contributed by atoms with E-state index in [1.165, 1.54) is 13.8 Å². The molecule has 0 amide bonds. The number of benzene rings is 1. The fourth-order valence-electron chi connectivity index (χ4n) is 2.28. The van der Waals surface area contributed by atoms with Crippen LogP contribution in [-0.4, -0.2) is 18.4 Å². The van der Waals surface area contributed by atoms with Crippen molar-refractivity contribution in [2.75, 3.05) is 5.73 Å². The quantitative estimate of drug-likeness (QED) is 0.706. The van der Waals surface area contributed by atoms with Crippen LogP contribution in [-0.2, 0) is 28.2 Å². The van der Waals surface area contributed by atoms with Crippen LogP contribution in [0.3, 0.4) is 0 Å². The summed E-state index contributed by atoms with van der Waals surface area (Å²) in [6, 6.07) is 4.75. The van der Waals surface area contributed by atoms with E-state index in [1.807, 2.05) is 0 Å². The van der Waals surface area contributed by atoms with Gasteiger partial charge in [0.25, 0.3) is 0 Å². The van der Waals surface area contributed by atoms with Crippen molar-refractivity contribution in [3.8, 4) is 11.4 Å². The number of nitrogens with two attached hydrogens (primary N) is 2. The minimum Gasteiger partial charge on any atom is -0.383 e. The number of halogens is 3. The number of hydrogen-bond donors (Lipinski definition) is 3. The van der Waals surface area contributed by atoms with Crippen LogP contribution >= 0.6 is 0 Å². The molecular formula is C15H17F3N4O2S. The van der Waals surface area contributed by atoms with Crippen LogP contribution in [0.1, 0.15) is 30.5 Å². The second kappa shape index (κ2) is 6.60. The average molecular weight is 374 g/mol. The fraction of sp³-hybridized carbons (Fsp3) is 0.333. The number of nitrogens with zero attached hydrogens (tertiary/aromatic N) is 2. The third-order valence-corrected chi connectivity index (χ3v) is 4.95. The molecular weight excluding hydrogens is 357 g/mol. The molecule has 0 aliphatic carbocycles. The zero-order valence-corrected chi connectivity index (χ0v) is 14.4. The van der Waals surface area contributed by atoms with Crippen molar-refractivity contribution in [3.63, 3.8) is 0 Å². The van der Waals surface area contributed by atoms with Crippen molar-refractivity contribution in [2.24, 2.45) is 5.73 Å². The first-order valence-electron chi connectivity index (χ1n) is 7.16. The van der Waals surface area contributed by atoms with Gasteiger partial charge in [0.1, 0.15) is 22.1 Å². The molecule has 6 nitrogen and oxygen atoms in total. The molecule has 1 aromatic heterocycles. The predicted molar refractivity (Wildman–Crippen MR) is 88.1 cm³/mol. The summed E-state index contributed by atoms with van der Waals surface area (Å²) in [6.07, 6.45) is -4.09. The minimum absolute atomic E-state index is 0.0966. The van der Waals surface area contributed by atoms with Crippen LogP contribution in [0, 0.1) is 0 Å². The number of nitrogen functional groups attached to an aromatic ring is 1. The first kappa shape index (κ1) is 19.1. The van der Waals surface area contributed by atoms with Crippen LogP contribution in [0.15, 0.2) is 24.4 Å². The first-order chi connectivity index (χ1) is 11.5. The van der Waals surface area contributed by atoms with E-state index in [9.17, 15) is 21.6 Å². The van der Waals surface area contributed by atoms with E-state index in [1.54, 1.807) is 18.2 Å². The number of anilines is 1. The highest BCUT2D eigenvalue weighted by atomic mass is 32.2. The Bertz CT molecular complexity index is 872. The Morgan fingerprint density at radius 1 is 1.16 bits per heavy atom. The van der Waals surface area contributed by atoms with Crippen LogP contribution < -0.4 is 11.5 Å². The molecule has 2 rings (SSSR count). The van der Waals surface area contributed by atoms with E-state index in [0.717, 1.165) is 0 Å². The van der Waals surface area contributed by atoms with Gasteiger partial charge in [0.15, 0.2) is 5.82 Å². The second-order valence-corrected chi connectivity index (χ2v) is 7.52. The lowest BCUT2D eigenvalue weighted by Gasteiger charge is -2.22. The monoisotopic (exact) mass is 374 g/mol. The van der Waals surface area contributed by atoms with Gasteiger partial charge in [0.2, 0.25) is 0 Å². The van der Waals surface area contributed by atoms with E-state index in [2.05, 4.69) is 9.97 Å². The number of thiol groups is 1. The minimum atomic E-state index is -4.68. The van der Waals surface area contributed by atoms with Gasteiger partial charge in [-0.3, -0.25) is 0 Å². The molecule has 0 saturated carbocycles. The van der Waals surface area contributed by atoms with Gasteiger partial charge in [0.05, 0.1) is 4.75 Å². The number of rotatable bonds is 4. The Labute approximate surface area is 144 Å². The lowest BCUT2D eigenvalue weighted by Crippen LogP contribution is -2.21. The summed E-state index contributed by atoms with van der Waals surface area (Å²) in [7, 11) is -2.87. The number of alkyl halides is 3. The van der Waals surface area contributed by atoms with Crippen LogP contribution in [0.4, 0.5) is 19.0 Å². The topological polar surface area (TPSA) is 112 Å². The Morgan fingerprint density at radius 2 is 1.80 bits per heavy atom. The molecule has 10 heteroatoms. The standard InChI is InChI=1S/C15H17F3N4O2S/c1-14(2,25(23)24)10-4-3-8(6-19)5-9(10)13-21-7-11(12(20)22-13)15(16,17)18/h3-5,7,25H,6,19H2,1-2H3,(H2,20,21,22). The second-order valence-electron chi connectivity index (χ2n) is 5.89. The largest absolute Gasteiger partial charge is 0.421 e. The van der Waals surface area contributed by atoms with Gasteiger partial charge in [-0.1, -0.05) is 12.1 Å². The molecule has 25 heavy (non-hydrogen) atoms. The van der Waals surface area contributed by atoms with Crippen molar-refractivity contribution >= 4 is 16.5 Å². The Balaban J connectivity index is 2.71. The zero-order chi connectivity index (χ0) is 19.0. The summed E-state index contributed by atoms with van der Waals surface area (Å²) in [4.78, 5) is 7.46. The molecule has 4 N–H and O–H groups in total. The third kappa shape index (κ3) is 3.74. The maximum absolute atomic E-state index is 12.8. The van der Waals surface area contributed by atoms with Gasteiger partial charge in [-0.25, -0.2) is 18.4 Å². The number of aromatic nitrogens is 2. The summed E-state index contributed by atoms with van der Waals surface area (Å²) in [5.74, 6) is -0.827. The normalized spacial score (nSPS) is 12.6. The van der Waals surface area contributed by atoms with Crippen LogP contribution in [0.5, 0.6) is 0 Å². The van der Waals surface area contributed by atoms with Gasteiger partial charge < -0.3 is 11.5 Å². The highest BCUT2D eigenvalue weighted by molar-refractivity contribution is 7.73.